The van der Waals surface area contributed by atoms with E-state index in [1.165, 1.54) is 12.1 Å². The van der Waals surface area contributed by atoms with Gasteiger partial charge in [-0.3, -0.25) is 0 Å². The van der Waals surface area contributed by atoms with E-state index in [1.54, 1.807) is 6.07 Å². The third kappa shape index (κ3) is 5.55. The normalized spacial score (nSPS) is 20.5. The molecule has 1 N–H and O–H groups in total. The first-order valence-electron chi connectivity index (χ1n) is 7.26. The minimum Gasteiger partial charge on any atom is -0.406 e. The predicted octanol–water partition coefficient (Wildman–Crippen LogP) is 2.81. The number of halogens is 3. The van der Waals surface area contributed by atoms with Gasteiger partial charge in [-0.25, -0.2) is 0 Å². The highest BCUT2D eigenvalue weighted by Crippen LogP contribution is 2.23. The van der Waals surface area contributed by atoms with Crippen molar-refractivity contribution in [3.8, 4) is 5.75 Å². The summed E-state index contributed by atoms with van der Waals surface area (Å²) in [5.41, 5.74) is 0.864. The summed E-state index contributed by atoms with van der Waals surface area (Å²) in [5, 5.41) is 3.45. The fraction of sp³-hybridized carbons (Fsp3) is 0.600. The molecular formula is C15H21F3N2O. The van der Waals surface area contributed by atoms with E-state index in [-0.39, 0.29) is 5.75 Å². The largest absolute Gasteiger partial charge is 0.573 e. The number of benzene rings is 1. The first kappa shape index (κ1) is 16.1. The first-order chi connectivity index (χ1) is 9.96. The Kier molecular flexibility index (Phi) is 5.47. The van der Waals surface area contributed by atoms with Gasteiger partial charge in [0.15, 0.2) is 0 Å². The van der Waals surface area contributed by atoms with Crippen LogP contribution in [0.1, 0.15) is 18.9 Å². The molecular weight excluding hydrogens is 281 g/mol. The molecule has 1 unspecified atom stereocenters. The highest BCUT2D eigenvalue weighted by Gasteiger charge is 2.31. The zero-order valence-electron chi connectivity index (χ0n) is 12.1. The third-order valence-electron chi connectivity index (χ3n) is 3.68. The Morgan fingerprint density at radius 2 is 2.19 bits per heavy atom. The molecule has 1 aromatic carbocycles. The summed E-state index contributed by atoms with van der Waals surface area (Å²) in [6.45, 7) is 5.95. The lowest BCUT2D eigenvalue weighted by molar-refractivity contribution is -0.274. The summed E-state index contributed by atoms with van der Waals surface area (Å²) in [6, 6.07) is 6.74. The van der Waals surface area contributed by atoms with Gasteiger partial charge >= 0.3 is 6.36 Å². The van der Waals surface area contributed by atoms with Gasteiger partial charge in [0.2, 0.25) is 0 Å². The standard InChI is InChI=1S/C15H21F3N2O/c1-2-13-11-20(9-7-19-13)8-6-12-4-3-5-14(10-12)21-15(16,17)18/h3-5,10,13,19H,2,6-9,11H2,1H3. The summed E-state index contributed by atoms with van der Waals surface area (Å²) < 4.78 is 40.5. The Bertz CT molecular complexity index is 451. The lowest BCUT2D eigenvalue weighted by Crippen LogP contribution is -2.50. The zero-order valence-corrected chi connectivity index (χ0v) is 12.1. The van der Waals surface area contributed by atoms with E-state index in [9.17, 15) is 13.2 Å². The van der Waals surface area contributed by atoms with Gasteiger partial charge in [-0.15, -0.1) is 13.2 Å². The number of nitrogens with zero attached hydrogens (tertiary/aromatic N) is 1. The monoisotopic (exact) mass is 302 g/mol. The van der Waals surface area contributed by atoms with E-state index >= 15 is 0 Å². The average Bonchev–Trinajstić information content (AvgIpc) is 2.44. The molecule has 2 rings (SSSR count). The molecule has 1 aliphatic heterocycles. The van der Waals surface area contributed by atoms with Crippen LogP contribution in [0.2, 0.25) is 0 Å². The van der Waals surface area contributed by atoms with Crippen LogP contribution < -0.4 is 10.1 Å². The van der Waals surface area contributed by atoms with Crippen molar-refractivity contribution >= 4 is 0 Å². The van der Waals surface area contributed by atoms with E-state index in [0.29, 0.717) is 6.04 Å². The van der Waals surface area contributed by atoms with Crippen molar-refractivity contribution in [2.75, 3.05) is 26.2 Å². The second-order valence-electron chi connectivity index (χ2n) is 5.31. The van der Waals surface area contributed by atoms with Crippen LogP contribution in [0.5, 0.6) is 5.75 Å². The summed E-state index contributed by atoms with van der Waals surface area (Å²) in [4.78, 5) is 2.35. The van der Waals surface area contributed by atoms with Crippen molar-refractivity contribution in [3.63, 3.8) is 0 Å². The molecule has 118 valence electrons. The van der Waals surface area contributed by atoms with Gasteiger partial charge in [0.05, 0.1) is 0 Å². The molecule has 1 aromatic rings. The van der Waals surface area contributed by atoms with E-state index < -0.39 is 6.36 Å². The quantitative estimate of drug-likeness (QED) is 0.905. The van der Waals surface area contributed by atoms with Crippen molar-refractivity contribution in [2.45, 2.75) is 32.2 Å². The van der Waals surface area contributed by atoms with E-state index in [2.05, 4.69) is 21.9 Å². The fourth-order valence-electron chi connectivity index (χ4n) is 2.56. The highest BCUT2D eigenvalue weighted by molar-refractivity contribution is 5.28. The second kappa shape index (κ2) is 7.13. The predicted molar refractivity (Wildman–Crippen MR) is 75.4 cm³/mol. The molecule has 0 spiro atoms. The third-order valence-corrected chi connectivity index (χ3v) is 3.68. The smallest absolute Gasteiger partial charge is 0.406 e. The Labute approximate surface area is 123 Å². The molecule has 1 saturated heterocycles. The van der Waals surface area contributed by atoms with Crippen molar-refractivity contribution in [1.82, 2.24) is 10.2 Å². The topological polar surface area (TPSA) is 24.5 Å². The first-order valence-corrected chi connectivity index (χ1v) is 7.26. The molecule has 21 heavy (non-hydrogen) atoms. The van der Waals surface area contributed by atoms with Crippen molar-refractivity contribution in [1.29, 1.82) is 0 Å². The molecule has 1 atom stereocenters. The summed E-state index contributed by atoms with van der Waals surface area (Å²) in [6.07, 6.45) is -2.82. The molecule has 6 heteroatoms. The van der Waals surface area contributed by atoms with Gasteiger partial charge in [-0.05, 0) is 30.5 Å². The summed E-state index contributed by atoms with van der Waals surface area (Å²) in [7, 11) is 0. The van der Waals surface area contributed by atoms with Gasteiger partial charge in [0.1, 0.15) is 5.75 Å². The molecule has 0 aromatic heterocycles. The van der Waals surface area contributed by atoms with Crippen LogP contribution in [0.15, 0.2) is 24.3 Å². The molecule has 3 nitrogen and oxygen atoms in total. The molecule has 0 saturated carbocycles. The maximum atomic E-state index is 12.2. The van der Waals surface area contributed by atoms with Crippen molar-refractivity contribution in [2.24, 2.45) is 0 Å². The number of piperazine rings is 1. The Balaban J connectivity index is 1.87. The van der Waals surface area contributed by atoms with Crippen LogP contribution in [0.25, 0.3) is 0 Å². The number of hydrogen-bond acceptors (Lipinski definition) is 3. The lowest BCUT2D eigenvalue weighted by Gasteiger charge is -2.33. The van der Waals surface area contributed by atoms with Gasteiger partial charge in [0.25, 0.3) is 0 Å². The molecule has 0 amide bonds. The van der Waals surface area contributed by atoms with Crippen molar-refractivity contribution < 1.29 is 17.9 Å². The van der Waals surface area contributed by atoms with Gasteiger partial charge in [-0.2, -0.15) is 0 Å². The van der Waals surface area contributed by atoms with E-state index in [0.717, 1.165) is 44.6 Å². The van der Waals surface area contributed by atoms with Crippen LogP contribution in [0.4, 0.5) is 13.2 Å². The van der Waals surface area contributed by atoms with Gasteiger partial charge in [0, 0.05) is 32.2 Å². The Morgan fingerprint density at radius 3 is 2.90 bits per heavy atom. The van der Waals surface area contributed by atoms with Crippen LogP contribution >= 0.6 is 0 Å². The Hall–Kier alpha value is -1.27. The summed E-state index contributed by atoms with van der Waals surface area (Å²) in [5.74, 6) is -0.147. The molecule has 0 bridgehead atoms. The van der Waals surface area contributed by atoms with Crippen LogP contribution in [-0.2, 0) is 6.42 Å². The molecule has 1 heterocycles. The molecule has 0 radical (unpaired) electrons. The van der Waals surface area contributed by atoms with Crippen LogP contribution in [0.3, 0.4) is 0 Å². The number of hydrogen-bond donors (Lipinski definition) is 1. The maximum Gasteiger partial charge on any atom is 0.573 e. The van der Waals surface area contributed by atoms with Gasteiger partial charge < -0.3 is 15.0 Å². The van der Waals surface area contributed by atoms with E-state index in [1.807, 2.05) is 6.07 Å². The highest BCUT2D eigenvalue weighted by atomic mass is 19.4. The zero-order chi connectivity index (χ0) is 15.3. The molecule has 1 aliphatic rings. The minimum absolute atomic E-state index is 0.147. The van der Waals surface area contributed by atoms with Crippen LogP contribution in [0, 0.1) is 0 Å². The fourth-order valence-corrected chi connectivity index (χ4v) is 2.56. The van der Waals surface area contributed by atoms with E-state index in [4.69, 9.17) is 0 Å². The Morgan fingerprint density at radius 1 is 1.38 bits per heavy atom. The minimum atomic E-state index is -4.63. The second-order valence-corrected chi connectivity index (χ2v) is 5.31. The van der Waals surface area contributed by atoms with Crippen LogP contribution in [-0.4, -0.2) is 43.5 Å². The summed E-state index contributed by atoms with van der Waals surface area (Å²) >= 11 is 0. The average molecular weight is 302 g/mol. The molecule has 1 fully saturated rings. The van der Waals surface area contributed by atoms with Gasteiger partial charge in [-0.1, -0.05) is 19.1 Å². The number of nitrogens with one attached hydrogen (secondary N) is 1. The number of ether oxygens (including phenoxy) is 1. The molecule has 0 aliphatic carbocycles. The number of rotatable bonds is 5. The number of alkyl halides is 3. The lowest BCUT2D eigenvalue weighted by atomic mass is 10.1. The SMILES string of the molecule is CCC1CN(CCc2cccc(OC(F)(F)F)c2)CCN1. The van der Waals surface area contributed by atoms with Crippen molar-refractivity contribution in [3.05, 3.63) is 29.8 Å². The maximum absolute atomic E-state index is 12.2.